The number of benzene rings is 1. The Balaban J connectivity index is 2.10. The van der Waals surface area contributed by atoms with Crippen LogP contribution >= 0.6 is 23.1 Å². The summed E-state index contributed by atoms with van der Waals surface area (Å²) in [4.78, 5) is 30.0. The molecule has 0 spiro atoms. The maximum absolute atomic E-state index is 12.4. The molecule has 0 atom stereocenters. The predicted molar refractivity (Wildman–Crippen MR) is 99.4 cm³/mol. The molecule has 0 aliphatic rings. The van der Waals surface area contributed by atoms with Crippen LogP contribution in [0.15, 0.2) is 38.7 Å². The highest BCUT2D eigenvalue weighted by atomic mass is 32.2. The summed E-state index contributed by atoms with van der Waals surface area (Å²) in [5.41, 5.74) is 0.955. The SMILES string of the molecule is CCOC(=O)Cn1c(=NC(=O)c2cc(C)on2)sc2cc(SC)ccc21. The molecule has 2 heterocycles. The average Bonchev–Trinajstić information content (AvgIpc) is 3.19. The largest absolute Gasteiger partial charge is 0.465 e. The van der Waals surface area contributed by atoms with Crippen LogP contribution in [0.2, 0.25) is 0 Å². The number of carbonyl (C=O) groups is 2. The third-order valence-corrected chi connectivity index (χ3v) is 5.29. The molecule has 0 bridgehead atoms. The average molecular weight is 391 g/mol. The van der Waals surface area contributed by atoms with Crippen LogP contribution in [0.5, 0.6) is 0 Å². The van der Waals surface area contributed by atoms with Crippen LogP contribution in [0, 0.1) is 6.92 Å². The number of hydrogen-bond donors (Lipinski definition) is 0. The zero-order chi connectivity index (χ0) is 18.7. The molecule has 0 radical (unpaired) electrons. The molecular weight excluding hydrogens is 374 g/mol. The topological polar surface area (TPSA) is 86.7 Å². The van der Waals surface area contributed by atoms with Crippen molar-refractivity contribution in [1.29, 1.82) is 0 Å². The van der Waals surface area contributed by atoms with E-state index in [1.54, 1.807) is 30.2 Å². The summed E-state index contributed by atoms with van der Waals surface area (Å²) >= 11 is 2.96. The zero-order valence-electron chi connectivity index (χ0n) is 14.5. The van der Waals surface area contributed by atoms with Gasteiger partial charge in [0.1, 0.15) is 12.3 Å². The fraction of sp³-hybridized carbons (Fsp3) is 0.294. The molecule has 0 unspecified atom stereocenters. The maximum atomic E-state index is 12.4. The van der Waals surface area contributed by atoms with Gasteiger partial charge in [-0.2, -0.15) is 4.99 Å². The Kier molecular flexibility index (Phi) is 5.58. The predicted octanol–water partition coefficient (Wildman–Crippen LogP) is 3.03. The normalized spacial score (nSPS) is 11.9. The number of esters is 1. The van der Waals surface area contributed by atoms with Gasteiger partial charge in [-0.3, -0.25) is 9.59 Å². The number of rotatable bonds is 5. The fourth-order valence-corrected chi connectivity index (χ4v) is 3.95. The van der Waals surface area contributed by atoms with Gasteiger partial charge in [0.25, 0.3) is 0 Å². The van der Waals surface area contributed by atoms with Crippen molar-refractivity contribution in [2.45, 2.75) is 25.3 Å². The van der Waals surface area contributed by atoms with Gasteiger partial charge in [-0.05, 0) is 38.3 Å². The van der Waals surface area contributed by atoms with Gasteiger partial charge in [0.2, 0.25) is 0 Å². The Hall–Kier alpha value is -2.39. The molecule has 7 nitrogen and oxygen atoms in total. The Morgan fingerprint density at radius 2 is 2.19 bits per heavy atom. The first-order chi connectivity index (χ1) is 12.5. The number of thiazole rings is 1. The van der Waals surface area contributed by atoms with Crippen molar-refractivity contribution >= 4 is 45.2 Å². The molecule has 0 N–H and O–H groups in total. The third kappa shape index (κ3) is 3.88. The molecule has 0 saturated carbocycles. The van der Waals surface area contributed by atoms with Gasteiger partial charge in [0.05, 0.1) is 16.8 Å². The van der Waals surface area contributed by atoms with Crippen LogP contribution in [0.4, 0.5) is 0 Å². The van der Waals surface area contributed by atoms with Crippen LogP contribution in [0.3, 0.4) is 0 Å². The second-order valence-corrected chi connectivity index (χ2v) is 7.24. The van der Waals surface area contributed by atoms with Crippen LogP contribution in [-0.4, -0.2) is 34.5 Å². The molecule has 1 aromatic carbocycles. The van der Waals surface area contributed by atoms with Gasteiger partial charge in [-0.25, -0.2) is 0 Å². The lowest BCUT2D eigenvalue weighted by molar-refractivity contribution is -0.143. The zero-order valence-corrected chi connectivity index (χ0v) is 16.1. The van der Waals surface area contributed by atoms with E-state index in [0.717, 1.165) is 15.1 Å². The number of fused-ring (bicyclic) bond motifs is 1. The van der Waals surface area contributed by atoms with Crippen molar-refractivity contribution < 1.29 is 18.8 Å². The number of thioether (sulfide) groups is 1. The van der Waals surface area contributed by atoms with E-state index in [9.17, 15) is 9.59 Å². The molecule has 2 aromatic heterocycles. The minimum atomic E-state index is -0.517. The van der Waals surface area contributed by atoms with Gasteiger partial charge < -0.3 is 13.8 Å². The van der Waals surface area contributed by atoms with E-state index in [-0.39, 0.29) is 18.2 Å². The minimum Gasteiger partial charge on any atom is -0.465 e. The number of hydrogen-bond acceptors (Lipinski definition) is 7. The first kappa shape index (κ1) is 18.4. The number of amides is 1. The molecule has 0 fully saturated rings. The first-order valence-corrected chi connectivity index (χ1v) is 9.91. The lowest BCUT2D eigenvalue weighted by atomic mass is 10.3. The number of nitrogens with zero attached hydrogens (tertiary/aromatic N) is 3. The Labute approximate surface area is 157 Å². The van der Waals surface area contributed by atoms with Crippen molar-refractivity contribution in [3.05, 3.63) is 40.5 Å². The van der Waals surface area contributed by atoms with E-state index in [1.165, 1.54) is 17.4 Å². The van der Waals surface area contributed by atoms with Gasteiger partial charge in [0, 0.05) is 11.0 Å². The molecule has 0 aliphatic carbocycles. The van der Waals surface area contributed by atoms with Crippen LogP contribution in [0.1, 0.15) is 23.2 Å². The first-order valence-electron chi connectivity index (χ1n) is 7.87. The van der Waals surface area contributed by atoms with Crippen molar-refractivity contribution in [3.63, 3.8) is 0 Å². The van der Waals surface area contributed by atoms with Crippen LogP contribution < -0.4 is 4.80 Å². The summed E-state index contributed by atoms with van der Waals surface area (Å²) in [6.07, 6.45) is 1.99. The van der Waals surface area contributed by atoms with Crippen molar-refractivity contribution in [1.82, 2.24) is 9.72 Å². The highest BCUT2D eigenvalue weighted by Gasteiger charge is 2.15. The number of aromatic nitrogens is 2. The lowest BCUT2D eigenvalue weighted by Gasteiger charge is -2.05. The molecule has 9 heteroatoms. The smallest absolute Gasteiger partial charge is 0.326 e. The summed E-state index contributed by atoms with van der Waals surface area (Å²) in [6, 6.07) is 7.42. The third-order valence-electron chi connectivity index (χ3n) is 3.53. The van der Waals surface area contributed by atoms with E-state index >= 15 is 0 Å². The molecule has 0 saturated heterocycles. The number of carbonyl (C=O) groups excluding carboxylic acids is 2. The van der Waals surface area contributed by atoms with Gasteiger partial charge in [-0.15, -0.1) is 11.8 Å². The fourth-order valence-electron chi connectivity index (χ4n) is 2.37. The highest BCUT2D eigenvalue weighted by molar-refractivity contribution is 7.98. The Bertz CT molecular complexity index is 1030. The van der Waals surface area contributed by atoms with Gasteiger partial charge in [-0.1, -0.05) is 16.5 Å². The van der Waals surface area contributed by atoms with E-state index in [1.807, 2.05) is 24.5 Å². The Morgan fingerprint density at radius 3 is 2.85 bits per heavy atom. The lowest BCUT2D eigenvalue weighted by Crippen LogP contribution is -2.23. The van der Waals surface area contributed by atoms with Crippen molar-refractivity contribution in [3.8, 4) is 0 Å². The molecule has 1 amide bonds. The molecule has 3 aromatic rings. The molecule has 26 heavy (non-hydrogen) atoms. The van der Waals surface area contributed by atoms with Crippen molar-refractivity contribution in [2.75, 3.05) is 12.9 Å². The Morgan fingerprint density at radius 1 is 1.38 bits per heavy atom. The molecular formula is C17H17N3O4S2. The summed E-state index contributed by atoms with van der Waals surface area (Å²) in [7, 11) is 0. The van der Waals surface area contributed by atoms with E-state index in [0.29, 0.717) is 17.2 Å². The number of aryl methyl sites for hydroxylation is 1. The van der Waals surface area contributed by atoms with E-state index in [4.69, 9.17) is 9.26 Å². The van der Waals surface area contributed by atoms with Crippen LogP contribution in [-0.2, 0) is 16.1 Å². The molecule has 136 valence electrons. The van der Waals surface area contributed by atoms with Gasteiger partial charge >= 0.3 is 11.9 Å². The van der Waals surface area contributed by atoms with E-state index in [2.05, 4.69) is 10.1 Å². The summed E-state index contributed by atoms with van der Waals surface area (Å²) in [6.45, 7) is 3.73. The van der Waals surface area contributed by atoms with E-state index < -0.39 is 5.91 Å². The quantitative estimate of drug-likeness (QED) is 0.491. The monoisotopic (exact) mass is 391 g/mol. The molecule has 0 aliphatic heterocycles. The second kappa shape index (κ2) is 7.88. The highest BCUT2D eigenvalue weighted by Crippen LogP contribution is 2.24. The summed E-state index contributed by atoms with van der Waals surface area (Å²) in [5, 5.41) is 3.70. The summed E-state index contributed by atoms with van der Waals surface area (Å²) in [5.74, 6) is -0.368. The minimum absolute atomic E-state index is 0.0174. The van der Waals surface area contributed by atoms with Gasteiger partial charge in [0.15, 0.2) is 10.5 Å². The second-order valence-electron chi connectivity index (χ2n) is 5.35. The molecule has 3 rings (SSSR count). The van der Waals surface area contributed by atoms with Crippen LogP contribution in [0.25, 0.3) is 10.2 Å². The summed E-state index contributed by atoms with van der Waals surface area (Å²) < 4.78 is 12.6. The number of ether oxygens (including phenoxy) is 1. The maximum Gasteiger partial charge on any atom is 0.326 e. The standard InChI is InChI=1S/C17H17N3O4S2/c1-4-23-15(21)9-20-13-6-5-11(25-3)8-14(13)26-17(20)18-16(22)12-7-10(2)24-19-12/h5-8H,4,9H2,1-3H3. The van der Waals surface area contributed by atoms with Crippen molar-refractivity contribution in [2.24, 2.45) is 4.99 Å².